The molecule has 0 amide bonds. The van der Waals surface area contributed by atoms with E-state index in [1.165, 1.54) is 27.7 Å². The van der Waals surface area contributed by atoms with E-state index in [0.717, 1.165) is 11.8 Å². The van der Waals surface area contributed by atoms with Crippen molar-refractivity contribution in [3.05, 3.63) is 21.9 Å². The number of hydrogen-bond donors (Lipinski definition) is 1. The van der Waals surface area contributed by atoms with Crippen LogP contribution in [0.1, 0.15) is 23.4 Å². The molecule has 0 aromatic carbocycles. The molecular weight excluding hydrogens is 254 g/mol. The summed E-state index contributed by atoms with van der Waals surface area (Å²) in [6.45, 7) is 5.50. The quantitative estimate of drug-likeness (QED) is 0.901. The first-order valence-corrected chi connectivity index (χ1v) is 8.88. The van der Waals surface area contributed by atoms with E-state index in [-0.39, 0.29) is 0 Å². The largest absolute Gasteiger partial charge is 0.309 e. The second kappa shape index (κ2) is 6.34. The normalized spacial score (nSPS) is 23.2. The van der Waals surface area contributed by atoms with E-state index in [1.807, 2.05) is 11.3 Å². The Hall–Kier alpha value is 0.360. The fraction of sp³-hybridized carbons (Fsp3) is 0.667. The summed E-state index contributed by atoms with van der Waals surface area (Å²) in [5.74, 6) is 3.92. The molecular formula is C12H19NS3. The Balaban J connectivity index is 2.12. The molecule has 2 rings (SSSR count). The van der Waals surface area contributed by atoms with Gasteiger partial charge in [0, 0.05) is 33.4 Å². The first kappa shape index (κ1) is 12.8. The Morgan fingerprint density at radius 1 is 1.50 bits per heavy atom. The van der Waals surface area contributed by atoms with E-state index in [2.05, 4.69) is 54.1 Å². The van der Waals surface area contributed by atoms with Gasteiger partial charge in [0.25, 0.3) is 0 Å². The Kier molecular flexibility index (Phi) is 5.07. The van der Waals surface area contributed by atoms with Gasteiger partial charge < -0.3 is 5.32 Å². The summed E-state index contributed by atoms with van der Waals surface area (Å²) in [4.78, 5) is 1.47. The molecule has 1 nitrogen and oxygen atoms in total. The van der Waals surface area contributed by atoms with Gasteiger partial charge in [0.1, 0.15) is 0 Å². The van der Waals surface area contributed by atoms with E-state index >= 15 is 0 Å². The molecule has 0 spiro atoms. The summed E-state index contributed by atoms with van der Waals surface area (Å²) in [6, 6.07) is 2.85. The van der Waals surface area contributed by atoms with Crippen LogP contribution in [-0.4, -0.2) is 29.1 Å². The predicted molar refractivity (Wildman–Crippen MR) is 79.0 cm³/mol. The molecule has 2 atom stereocenters. The van der Waals surface area contributed by atoms with Gasteiger partial charge in [-0.05, 0) is 30.5 Å². The molecule has 90 valence electrons. The highest BCUT2D eigenvalue weighted by molar-refractivity contribution is 8.06. The number of thiophene rings is 1. The molecule has 0 aliphatic carbocycles. The van der Waals surface area contributed by atoms with Crippen molar-refractivity contribution in [2.24, 2.45) is 0 Å². The van der Waals surface area contributed by atoms with Crippen LogP contribution in [0, 0.1) is 6.92 Å². The number of thioether (sulfide) groups is 2. The maximum atomic E-state index is 3.67. The standard InChI is InChI=1S/C12H19NS3/c1-3-13-12(10-4-5-15-9(10)2)11-8-14-6-7-16-11/h4-5,11-13H,3,6-8H2,1-2H3. The van der Waals surface area contributed by atoms with E-state index in [0.29, 0.717) is 6.04 Å². The van der Waals surface area contributed by atoms with Crippen molar-refractivity contribution in [2.75, 3.05) is 23.8 Å². The Labute approximate surface area is 111 Å². The highest BCUT2D eigenvalue weighted by Gasteiger charge is 2.26. The summed E-state index contributed by atoms with van der Waals surface area (Å²) < 4.78 is 0. The maximum absolute atomic E-state index is 3.67. The smallest absolute Gasteiger partial charge is 0.0459 e. The topological polar surface area (TPSA) is 12.0 Å². The monoisotopic (exact) mass is 273 g/mol. The Bertz CT molecular complexity index is 318. The van der Waals surface area contributed by atoms with Crippen molar-refractivity contribution in [1.29, 1.82) is 0 Å². The third-order valence-corrected chi connectivity index (χ3v) is 6.60. The molecule has 1 N–H and O–H groups in total. The van der Waals surface area contributed by atoms with Gasteiger partial charge in [0.15, 0.2) is 0 Å². The van der Waals surface area contributed by atoms with Gasteiger partial charge in [0.05, 0.1) is 0 Å². The molecule has 1 fully saturated rings. The van der Waals surface area contributed by atoms with Gasteiger partial charge >= 0.3 is 0 Å². The van der Waals surface area contributed by atoms with E-state index in [9.17, 15) is 0 Å². The predicted octanol–water partition coefficient (Wildman–Crippen LogP) is 3.56. The maximum Gasteiger partial charge on any atom is 0.0459 e. The van der Waals surface area contributed by atoms with Crippen LogP contribution in [-0.2, 0) is 0 Å². The van der Waals surface area contributed by atoms with Crippen LogP contribution in [0.3, 0.4) is 0 Å². The summed E-state index contributed by atoms with van der Waals surface area (Å²) in [5, 5.41) is 6.63. The van der Waals surface area contributed by atoms with Crippen molar-refractivity contribution >= 4 is 34.9 Å². The number of rotatable bonds is 4. The van der Waals surface area contributed by atoms with Gasteiger partial charge in [-0.25, -0.2) is 0 Å². The Morgan fingerprint density at radius 2 is 2.38 bits per heavy atom. The second-order valence-electron chi connectivity index (χ2n) is 3.95. The fourth-order valence-corrected chi connectivity index (χ4v) is 5.69. The van der Waals surface area contributed by atoms with E-state index in [1.54, 1.807) is 0 Å². The zero-order chi connectivity index (χ0) is 11.4. The SMILES string of the molecule is CCNC(c1ccsc1C)C1CSCCS1. The molecule has 1 aromatic rings. The second-order valence-corrected chi connectivity index (χ2v) is 7.57. The molecule has 0 bridgehead atoms. The Morgan fingerprint density at radius 3 is 2.94 bits per heavy atom. The van der Waals surface area contributed by atoms with Gasteiger partial charge in [-0.15, -0.1) is 11.3 Å². The van der Waals surface area contributed by atoms with Gasteiger partial charge in [0.2, 0.25) is 0 Å². The molecule has 2 unspecified atom stereocenters. The highest BCUT2D eigenvalue weighted by Crippen LogP contribution is 2.35. The molecule has 4 heteroatoms. The lowest BCUT2D eigenvalue weighted by Crippen LogP contribution is -2.33. The van der Waals surface area contributed by atoms with Gasteiger partial charge in [-0.1, -0.05) is 6.92 Å². The van der Waals surface area contributed by atoms with Crippen LogP contribution in [0.2, 0.25) is 0 Å². The molecule has 0 radical (unpaired) electrons. The van der Waals surface area contributed by atoms with Crippen molar-refractivity contribution in [3.63, 3.8) is 0 Å². The third kappa shape index (κ3) is 2.97. The summed E-state index contributed by atoms with van der Waals surface area (Å²) >= 11 is 6.11. The van der Waals surface area contributed by atoms with Crippen molar-refractivity contribution in [1.82, 2.24) is 5.32 Å². The minimum absolute atomic E-state index is 0.550. The summed E-state index contributed by atoms with van der Waals surface area (Å²) in [7, 11) is 0. The van der Waals surface area contributed by atoms with Gasteiger partial charge in [-0.2, -0.15) is 23.5 Å². The molecule has 1 aliphatic heterocycles. The summed E-state index contributed by atoms with van der Waals surface area (Å²) in [6.07, 6.45) is 0. The minimum Gasteiger partial charge on any atom is -0.309 e. The number of hydrogen-bond acceptors (Lipinski definition) is 4. The lowest BCUT2D eigenvalue weighted by molar-refractivity contribution is 0.550. The average Bonchev–Trinajstić information content (AvgIpc) is 2.73. The molecule has 2 heterocycles. The minimum atomic E-state index is 0.550. The number of nitrogens with one attached hydrogen (secondary N) is 1. The highest BCUT2D eigenvalue weighted by atomic mass is 32.2. The zero-order valence-electron chi connectivity index (χ0n) is 9.86. The van der Waals surface area contributed by atoms with Crippen molar-refractivity contribution in [3.8, 4) is 0 Å². The first-order valence-electron chi connectivity index (χ1n) is 5.79. The molecule has 0 saturated carbocycles. The zero-order valence-corrected chi connectivity index (χ0v) is 12.3. The molecule has 1 aliphatic rings. The van der Waals surface area contributed by atoms with Crippen LogP contribution in [0.4, 0.5) is 0 Å². The first-order chi connectivity index (χ1) is 7.83. The summed E-state index contributed by atoms with van der Waals surface area (Å²) in [5.41, 5.74) is 1.52. The van der Waals surface area contributed by atoms with Crippen LogP contribution >= 0.6 is 34.9 Å². The molecule has 1 aromatic heterocycles. The van der Waals surface area contributed by atoms with Crippen LogP contribution < -0.4 is 5.32 Å². The average molecular weight is 273 g/mol. The number of aryl methyl sites for hydroxylation is 1. The third-order valence-electron chi connectivity index (χ3n) is 2.87. The fourth-order valence-electron chi connectivity index (χ4n) is 2.08. The van der Waals surface area contributed by atoms with E-state index < -0.39 is 0 Å². The van der Waals surface area contributed by atoms with Gasteiger partial charge in [-0.3, -0.25) is 0 Å². The van der Waals surface area contributed by atoms with E-state index in [4.69, 9.17) is 0 Å². The van der Waals surface area contributed by atoms with Crippen molar-refractivity contribution < 1.29 is 0 Å². The lowest BCUT2D eigenvalue weighted by atomic mass is 10.1. The molecule has 16 heavy (non-hydrogen) atoms. The molecule has 1 saturated heterocycles. The van der Waals surface area contributed by atoms with Crippen LogP contribution in [0.15, 0.2) is 11.4 Å². The van der Waals surface area contributed by atoms with Crippen LogP contribution in [0.25, 0.3) is 0 Å². The lowest BCUT2D eigenvalue weighted by Gasteiger charge is -2.30. The van der Waals surface area contributed by atoms with Crippen LogP contribution in [0.5, 0.6) is 0 Å². The van der Waals surface area contributed by atoms with Crippen molar-refractivity contribution in [2.45, 2.75) is 25.1 Å².